The fourth-order valence-electron chi connectivity index (χ4n) is 3.45. The van der Waals surface area contributed by atoms with Crippen molar-refractivity contribution in [2.45, 2.75) is 24.8 Å². The van der Waals surface area contributed by atoms with Crippen LogP contribution in [0.4, 0.5) is 33.2 Å². The Morgan fingerprint density at radius 1 is 0.973 bits per heavy atom. The smallest absolute Gasteiger partial charge is 0.269 e. The Labute approximate surface area is 212 Å². The number of benzene rings is 3. The minimum Gasteiger partial charge on any atom is -0.356 e. The van der Waals surface area contributed by atoms with E-state index in [0.29, 0.717) is 5.56 Å². The van der Waals surface area contributed by atoms with Crippen LogP contribution in [0, 0.1) is 22.9 Å². The molecule has 190 valence electrons. The first-order valence-electron chi connectivity index (χ1n) is 11.1. The largest absolute Gasteiger partial charge is 0.356 e. The van der Waals surface area contributed by atoms with Gasteiger partial charge in [0.25, 0.3) is 15.7 Å². The van der Waals surface area contributed by atoms with E-state index in [1.165, 1.54) is 18.3 Å². The van der Waals surface area contributed by atoms with Gasteiger partial charge in [-0.2, -0.15) is 4.98 Å². The lowest BCUT2D eigenvalue weighted by Crippen LogP contribution is -2.15. The molecule has 0 saturated carbocycles. The van der Waals surface area contributed by atoms with E-state index in [1.807, 2.05) is 31.2 Å². The molecule has 0 aliphatic carbocycles. The highest BCUT2D eigenvalue weighted by Gasteiger charge is 2.17. The van der Waals surface area contributed by atoms with Crippen molar-refractivity contribution >= 4 is 38.9 Å². The summed E-state index contributed by atoms with van der Waals surface area (Å²) < 4.78 is 41.1. The van der Waals surface area contributed by atoms with Gasteiger partial charge < -0.3 is 10.6 Å². The van der Waals surface area contributed by atoms with Crippen LogP contribution in [-0.2, 0) is 10.0 Å². The number of nitrogens with one attached hydrogen (secondary N) is 3. The van der Waals surface area contributed by atoms with Crippen LogP contribution in [0.5, 0.6) is 0 Å². The monoisotopic (exact) mass is 522 g/mol. The van der Waals surface area contributed by atoms with Crippen LogP contribution in [0.15, 0.2) is 83.9 Å². The minimum atomic E-state index is -4.01. The number of rotatable bonds is 9. The van der Waals surface area contributed by atoms with E-state index in [0.717, 1.165) is 41.2 Å². The summed E-state index contributed by atoms with van der Waals surface area (Å²) in [6.07, 6.45) is 1.41. The third kappa shape index (κ3) is 6.35. The Balaban J connectivity index is 1.41. The second-order valence-corrected chi connectivity index (χ2v) is 9.88. The number of non-ortho nitro benzene ring substituents is 1. The molecule has 1 atom stereocenters. The molecule has 0 radical (unpaired) electrons. The number of nitro groups is 1. The summed E-state index contributed by atoms with van der Waals surface area (Å²) in [6, 6.07) is 18.2. The third-order valence-electron chi connectivity index (χ3n) is 5.46. The molecule has 1 aromatic heterocycles. The molecule has 0 amide bonds. The molecule has 0 aliphatic rings. The molecule has 0 spiro atoms. The van der Waals surface area contributed by atoms with Gasteiger partial charge in [-0.1, -0.05) is 12.1 Å². The van der Waals surface area contributed by atoms with Crippen molar-refractivity contribution in [2.24, 2.45) is 0 Å². The molecule has 12 heteroatoms. The van der Waals surface area contributed by atoms with Crippen LogP contribution in [-0.4, -0.2) is 23.3 Å². The summed E-state index contributed by atoms with van der Waals surface area (Å²) in [5, 5.41) is 17.2. The van der Waals surface area contributed by atoms with Gasteiger partial charge >= 0.3 is 0 Å². The Bertz CT molecular complexity index is 1530. The summed E-state index contributed by atoms with van der Waals surface area (Å²) in [4.78, 5) is 18.4. The van der Waals surface area contributed by atoms with Gasteiger partial charge in [-0.25, -0.2) is 17.8 Å². The maximum atomic E-state index is 13.5. The van der Waals surface area contributed by atoms with E-state index in [-0.39, 0.29) is 34.2 Å². The first kappa shape index (κ1) is 25.5. The van der Waals surface area contributed by atoms with Gasteiger partial charge in [0.05, 0.1) is 15.9 Å². The first-order chi connectivity index (χ1) is 17.6. The third-order valence-corrected chi connectivity index (χ3v) is 6.83. The molecular formula is C25H23FN6O4S. The number of hydrogen-bond donors (Lipinski definition) is 3. The normalized spacial score (nSPS) is 12.0. The fourth-order valence-corrected chi connectivity index (χ4v) is 4.45. The lowest BCUT2D eigenvalue weighted by molar-refractivity contribution is -0.384. The van der Waals surface area contributed by atoms with Crippen molar-refractivity contribution in [3.63, 3.8) is 0 Å². The van der Waals surface area contributed by atoms with Crippen LogP contribution >= 0.6 is 0 Å². The summed E-state index contributed by atoms with van der Waals surface area (Å²) in [7, 11) is -4.01. The quantitative estimate of drug-likeness (QED) is 0.192. The Kier molecular flexibility index (Phi) is 7.30. The number of halogens is 1. The average Bonchev–Trinajstić information content (AvgIpc) is 2.86. The highest BCUT2D eigenvalue weighted by atomic mass is 32.2. The van der Waals surface area contributed by atoms with Gasteiger partial charge in [0.1, 0.15) is 11.6 Å². The van der Waals surface area contributed by atoms with Gasteiger partial charge in [-0.15, -0.1) is 0 Å². The molecule has 37 heavy (non-hydrogen) atoms. The van der Waals surface area contributed by atoms with Gasteiger partial charge in [0.2, 0.25) is 5.95 Å². The molecule has 10 nitrogen and oxygen atoms in total. The van der Waals surface area contributed by atoms with Crippen LogP contribution in [0.25, 0.3) is 0 Å². The molecule has 0 saturated heterocycles. The van der Waals surface area contributed by atoms with Crippen LogP contribution in [0.3, 0.4) is 0 Å². The average molecular weight is 523 g/mol. The number of aryl methyl sites for hydroxylation is 1. The SMILES string of the molecule is Cc1cc(Nc2ccc([C@H](C)Nc3nccc(NS(=O)(=O)c4ccc([N+](=O)[O-])cc4)n3)cc2)ccc1F. The second kappa shape index (κ2) is 10.6. The summed E-state index contributed by atoms with van der Waals surface area (Å²) >= 11 is 0. The number of sulfonamides is 1. The van der Waals surface area contributed by atoms with Crippen molar-refractivity contribution in [1.82, 2.24) is 9.97 Å². The maximum absolute atomic E-state index is 13.5. The van der Waals surface area contributed by atoms with Crippen molar-refractivity contribution in [3.05, 3.63) is 106 Å². The fraction of sp³-hybridized carbons (Fsp3) is 0.120. The predicted molar refractivity (Wildman–Crippen MR) is 139 cm³/mol. The van der Waals surface area contributed by atoms with Crippen molar-refractivity contribution in [2.75, 3.05) is 15.4 Å². The topological polar surface area (TPSA) is 139 Å². The lowest BCUT2D eigenvalue weighted by atomic mass is 10.1. The molecule has 4 aromatic rings. The highest BCUT2D eigenvalue weighted by molar-refractivity contribution is 7.92. The van der Waals surface area contributed by atoms with Crippen LogP contribution in [0.1, 0.15) is 24.1 Å². The maximum Gasteiger partial charge on any atom is 0.269 e. The van der Waals surface area contributed by atoms with E-state index in [1.54, 1.807) is 19.1 Å². The summed E-state index contributed by atoms with van der Waals surface area (Å²) in [5.41, 5.74) is 2.88. The summed E-state index contributed by atoms with van der Waals surface area (Å²) in [5.74, 6) is -0.0104. The first-order valence-corrected chi connectivity index (χ1v) is 12.6. The summed E-state index contributed by atoms with van der Waals surface area (Å²) in [6.45, 7) is 3.61. The number of hydrogen-bond acceptors (Lipinski definition) is 8. The Morgan fingerprint density at radius 2 is 1.65 bits per heavy atom. The van der Waals surface area contributed by atoms with E-state index in [9.17, 15) is 22.9 Å². The molecule has 3 aromatic carbocycles. The van der Waals surface area contributed by atoms with E-state index < -0.39 is 14.9 Å². The van der Waals surface area contributed by atoms with Crippen LogP contribution in [0.2, 0.25) is 0 Å². The number of aromatic nitrogens is 2. The number of nitrogens with zero attached hydrogens (tertiary/aromatic N) is 3. The van der Waals surface area contributed by atoms with Gasteiger partial charge in [0.15, 0.2) is 0 Å². The van der Waals surface area contributed by atoms with Crippen molar-refractivity contribution < 1.29 is 17.7 Å². The predicted octanol–water partition coefficient (Wildman–Crippen LogP) is 5.55. The van der Waals surface area contributed by atoms with E-state index >= 15 is 0 Å². The number of nitro benzene ring substituents is 1. The second-order valence-electron chi connectivity index (χ2n) is 8.20. The zero-order chi connectivity index (χ0) is 26.6. The molecule has 0 aliphatic heterocycles. The molecule has 1 heterocycles. The highest BCUT2D eigenvalue weighted by Crippen LogP contribution is 2.24. The molecule has 0 bridgehead atoms. The minimum absolute atomic E-state index is 0.0391. The standard InChI is InChI=1S/C25H23FN6O4S/c1-16-15-20(7-12-23(16)26)29-19-5-3-18(4-6-19)17(2)28-25-27-14-13-24(30-25)31-37(35,36)22-10-8-21(9-11-22)32(33)34/h3-15,17,29H,1-2H3,(H2,27,28,30,31)/t17-/m0/s1. The zero-order valence-electron chi connectivity index (χ0n) is 19.8. The van der Waals surface area contributed by atoms with Crippen LogP contribution < -0.4 is 15.4 Å². The zero-order valence-corrected chi connectivity index (χ0v) is 20.7. The van der Waals surface area contributed by atoms with Gasteiger partial charge in [-0.3, -0.25) is 14.8 Å². The number of anilines is 4. The molecule has 4 rings (SSSR count). The van der Waals surface area contributed by atoms with E-state index in [2.05, 4.69) is 25.3 Å². The van der Waals surface area contributed by atoms with E-state index in [4.69, 9.17) is 0 Å². The molecule has 0 unspecified atom stereocenters. The van der Waals surface area contributed by atoms with Gasteiger partial charge in [-0.05, 0) is 73.5 Å². The molecular weight excluding hydrogens is 499 g/mol. The van der Waals surface area contributed by atoms with Crippen molar-refractivity contribution in [3.8, 4) is 0 Å². The lowest BCUT2D eigenvalue weighted by Gasteiger charge is -2.16. The Hall–Kier alpha value is -4.58. The van der Waals surface area contributed by atoms with Crippen molar-refractivity contribution in [1.29, 1.82) is 0 Å². The molecule has 0 fully saturated rings. The Morgan fingerprint density at radius 3 is 2.30 bits per heavy atom. The molecule has 3 N–H and O–H groups in total. The van der Waals surface area contributed by atoms with Gasteiger partial charge in [0, 0.05) is 29.7 Å².